The molecule has 1 rings (SSSR count). The molecule has 0 spiro atoms. The molecule has 0 atom stereocenters. The normalized spacial score (nSPS) is 10.2. The topological polar surface area (TPSA) is 12.9 Å². The highest BCUT2D eigenvalue weighted by molar-refractivity contribution is 7.79. The minimum absolute atomic E-state index is 0.764. The molecule has 1 heterocycles. The van der Waals surface area contributed by atoms with E-state index in [1.54, 1.807) is 11.3 Å². The molecule has 0 saturated carbocycles. The van der Waals surface area contributed by atoms with Gasteiger partial charge in [-0.1, -0.05) is 6.92 Å². The van der Waals surface area contributed by atoms with E-state index >= 15 is 0 Å². The zero-order chi connectivity index (χ0) is 7.40. The number of aryl methyl sites for hydroxylation is 1. The number of nitrogens with zero attached hydrogens (tertiary/aromatic N) is 1. The lowest BCUT2D eigenvalue weighted by Gasteiger charge is -1.87. The molecule has 0 bridgehead atoms. The van der Waals surface area contributed by atoms with E-state index in [1.807, 2.05) is 0 Å². The second kappa shape index (κ2) is 3.98. The van der Waals surface area contributed by atoms with Gasteiger partial charge in [0.1, 0.15) is 0 Å². The Morgan fingerprint density at radius 1 is 1.70 bits per heavy atom. The highest BCUT2D eigenvalue weighted by Crippen LogP contribution is 2.12. The number of hydrogen-bond acceptors (Lipinski definition) is 3. The van der Waals surface area contributed by atoms with Gasteiger partial charge in [-0.2, -0.15) is 12.6 Å². The van der Waals surface area contributed by atoms with Crippen LogP contribution < -0.4 is 0 Å². The van der Waals surface area contributed by atoms with Crippen LogP contribution in [0, 0.1) is 0 Å². The van der Waals surface area contributed by atoms with Crippen LogP contribution >= 0.6 is 24.0 Å². The minimum atomic E-state index is 0.764. The number of rotatable bonds is 3. The summed E-state index contributed by atoms with van der Waals surface area (Å²) < 4.78 is 0. The van der Waals surface area contributed by atoms with Gasteiger partial charge >= 0.3 is 0 Å². The summed E-state index contributed by atoms with van der Waals surface area (Å²) in [5.41, 5.74) is 1.11. The van der Waals surface area contributed by atoms with Crippen LogP contribution in [0.4, 0.5) is 0 Å². The van der Waals surface area contributed by atoms with Crippen LogP contribution in [0.15, 0.2) is 5.38 Å². The Labute approximate surface area is 70.9 Å². The Kier molecular flexibility index (Phi) is 3.22. The molecule has 1 nitrogen and oxygen atoms in total. The van der Waals surface area contributed by atoms with E-state index in [9.17, 15) is 0 Å². The fraction of sp³-hybridized carbons (Fsp3) is 0.571. The lowest BCUT2D eigenvalue weighted by Crippen LogP contribution is -1.82. The van der Waals surface area contributed by atoms with Crippen molar-refractivity contribution in [2.75, 3.05) is 0 Å². The smallest absolute Gasteiger partial charge is 0.0928 e. The largest absolute Gasteiger partial charge is 0.245 e. The number of thiol groups is 1. The van der Waals surface area contributed by atoms with Crippen LogP contribution in [0.1, 0.15) is 24.0 Å². The van der Waals surface area contributed by atoms with Crippen molar-refractivity contribution in [1.29, 1.82) is 0 Å². The molecule has 56 valence electrons. The van der Waals surface area contributed by atoms with Gasteiger partial charge in [0.25, 0.3) is 0 Å². The molecule has 0 unspecified atom stereocenters. The van der Waals surface area contributed by atoms with Crippen LogP contribution in [0.3, 0.4) is 0 Å². The van der Waals surface area contributed by atoms with Crippen LogP contribution in [0.25, 0.3) is 0 Å². The van der Waals surface area contributed by atoms with Crippen LogP contribution in [-0.4, -0.2) is 4.98 Å². The molecule has 3 heteroatoms. The summed E-state index contributed by atoms with van der Waals surface area (Å²) in [5.74, 6) is 0.764. The molecule has 1 aromatic rings. The van der Waals surface area contributed by atoms with Gasteiger partial charge in [0.2, 0.25) is 0 Å². The lowest BCUT2D eigenvalue weighted by atomic mass is 10.3. The average Bonchev–Trinajstić information content (AvgIpc) is 2.37. The van der Waals surface area contributed by atoms with E-state index in [-0.39, 0.29) is 0 Å². The summed E-state index contributed by atoms with van der Waals surface area (Å²) in [6.45, 7) is 2.17. The molecule has 0 N–H and O–H groups in total. The highest BCUT2D eigenvalue weighted by Gasteiger charge is 1.97. The summed E-state index contributed by atoms with van der Waals surface area (Å²) in [7, 11) is 0. The standard InChI is InChI=1S/C7H11NS2/c1-2-3-7-8-6(4-9)5-10-7/h5,9H,2-4H2,1H3. The van der Waals surface area contributed by atoms with E-state index < -0.39 is 0 Å². The van der Waals surface area contributed by atoms with Gasteiger partial charge in [0.15, 0.2) is 0 Å². The van der Waals surface area contributed by atoms with Crippen molar-refractivity contribution in [3.63, 3.8) is 0 Å². The molecule has 0 radical (unpaired) electrons. The van der Waals surface area contributed by atoms with Gasteiger partial charge in [-0.05, 0) is 12.8 Å². The molecular formula is C7H11NS2. The summed E-state index contributed by atoms with van der Waals surface area (Å²) in [5, 5.41) is 3.32. The van der Waals surface area contributed by atoms with Crippen molar-refractivity contribution in [1.82, 2.24) is 4.98 Å². The predicted octanol–water partition coefficient (Wildman–Crippen LogP) is 2.53. The van der Waals surface area contributed by atoms with Gasteiger partial charge in [-0.3, -0.25) is 0 Å². The molecule has 10 heavy (non-hydrogen) atoms. The molecule has 0 aliphatic carbocycles. The third kappa shape index (κ3) is 1.99. The maximum absolute atomic E-state index is 4.36. The Balaban J connectivity index is 2.59. The first-order chi connectivity index (χ1) is 4.86. The third-order valence-electron chi connectivity index (χ3n) is 1.23. The molecular weight excluding hydrogens is 162 g/mol. The summed E-state index contributed by atoms with van der Waals surface area (Å²) >= 11 is 5.87. The van der Waals surface area contributed by atoms with Crippen LogP contribution in [-0.2, 0) is 12.2 Å². The summed E-state index contributed by atoms with van der Waals surface area (Å²) in [6.07, 6.45) is 2.29. The zero-order valence-electron chi connectivity index (χ0n) is 6.00. The van der Waals surface area contributed by atoms with Gasteiger partial charge in [-0.15, -0.1) is 11.3 Å². The van der Waals surface area contributed by atoms with Crippen molar-refractivity contribution < 1.29 is 0 Å². The Hall–Kier alpha value is -0.0200. The monoisotopic (exact) mass is 173 g/mol. The van der Waals surface area contributed by atoms with Crippen molar-refractivity contribution >= 4 is 24.0 Å². The van der Waals surface area contributed by atoms with E-state index in [0.29, 0.717) is 0 Å². The Bertz CT molecular complexity index is 195. The van der Waals surface area contributed by atoms with E-state index in [4.69, 9.17) is 0 Å². The quantitative estimate of drug-likeness (QED) is 0.693. The number of thiazole rings is 1. The second-order valence-electron chi connectivity index (χ2n) is 2.14. The maximum Gasteiger partial charge on any atom is 0.0928 e. The highest BCUT2D eigenvalue weighted by atomic mass is 32.1. The SMILES string of the molecule is CCCc1nc(CS)cs1. The summed E-state index contributed by atoms with van der Waals surface area (Å²) in [4.78, 5) is 4.36. The Morgan fingerprint density at radius 3 is 3.00 bits per heavy atom. The molecule has 0 aliphatic heterocycles. The third-order valence-corrected chi connectivity index (χ3v) is 2.51. The van der Waals surface area contributed by atoms with Crippen molar-refractivity contribution in [3.8, 4) is 0 Å². The number of hydrogen-bond donors (Lipinski definition) is 1. The first-order valence-corrected chi connectivity index (χ1v) is 4.92. The fourth-order valence-corrected chi connectivity index (χ4v) is 1.94. The molecule has 0 saturated heterocycles. The van der Waals surface area contributed by atoms with E-state index in [0.717, 1.165) is 17.9 Å². The minimum Gasteiger partial charge on any atom is -0.245 e. The van der Waals surface area contributed by atoms with Gasteiger partial charge < -0.3 is 0 Å². The van der Waals surface area contributed by atoms with E-state index in [2.05, 4.69) is 29.9 Å². The number of aromatic nitrogens is 1. The van der Waals surface area contributed by atoms with Gasteiger partial charge in [0.05, 0.1) is 10.7 Å². The fourth-order valence-electron chi connectivity index (χ4n) is 0.750. The first kappa shape index (κ1) is 8.08. The molecule has 0 aromatic carbocycles. The van der Waals surface area contributed by atoms with Crippen LogP contribution in [0.5, 0.6) is 0 Å². The van der Waals surface area contributed by atoms with E-state index in [1.165, 1.54) is 11.4 Å². The van der Waals surface area contributed by atoms with Crippen molar-refractivity contribution in [2.45, 2.75) is 25.5 Å². The molecule has 0 fully saturated rings. The Morgan fingerprint density at radius 2 is 2.50 bits per heavy atom. The second-order valence-corrected chi connectivity index (χ2v) is 3.40. The summed E-state index contributed by atoms with van der Waals surface area (Å²) in [6, 6.07) is 0. The predicted molar refractivity (Wildman–Crippen MR) is 48.8 cm³/mol. The van der Waals surface area contributed by atoms with Crippen LogP contribution in [0.2, 0.25) is 0 Å². The average molecular weight is 173 g/mol. The maximum atomic E-state index is 4.36. The first-order valence-electron chi connectivity index (χ1n) is 3.41. The molecule has 0 aliphatic rings. The lowest BCUT2D eigenvalue weighted by molar-refractivity contribution is 0.902. The zero-order valence-corrected chi connectivity index (χ0v) is 7.71. The van der Waals surface area contributed by atoms with Crippen molar-refractivity contribution in [3.05, 3.63) is 16.1 Å². The molecule has 1 aromatic heterocycles. The van der Waals surface area contributed by atoms with Gasteiger partial charge in [0, 0.05) is 11.1 Å². The van der Waals surface area contributed by atoms with Gasteiger partial charge in [-0.25, -0.2) is 4.98 Å². The van der Waals surface area contributed by atoms with Crippen molar-refractivity contribution in [2.24, 2.45) is 0 Å². The molecule has 0 amide bonds.